The van der Waals surface area contributed by atoms with Crippen molar-refractivity contribution in [2.24, 2.45) is 0 Å². The molecular formula is C12H19N3O2. The van der Waals surface area contributed by atoms with Crippen LogP contribution in [0.2, 0.25) is 0 Å². The summed E-state index contributed by atoms with van der Waals surface area (Å²) in [5.74, 6) is 0. The first-order valence-electron chi connectivity index (χ1n) is 5.79. The van der Waals surface area contributed by atoms with Crippen LogP contribution in [-0.2, 0) is 6.54 Å². The van der Waals surface area contributed by atoms with Gasteiger partial charge in [0.05, 0.1) is 4.92 Å². The molecule has 0 unspecified atom stereocenters. The molecule has 0 aliphatic carbocycles. The Morgan fingerprint density at radius 1 is 1.35 bits per heavy atom. The molecule has 0 spiro atoms. The Morgan fingerprint density at radius 2 is 2.00 bits per heavy atom. The van der Waals surface area contributed by atoms with Crippen LogP contribution in [0.3, 0.4) is 0 Å². The average Bonchev–Trinajstić information content (AvgIpc) is 2.35. The molecular weight excluding hydrogens is 218 g/mol. The lowest BCUT2D eigenvalue weighted by molar-refractivity contribution is -0.384. The summed E-state index contributed by atoms with van der Waals surface area (Å²) in [4.78, 5) is 12.6. The van der Waals surface area contributed by atoms with Crippen LogP contribution in [0.1, 0.15) is 19.4 Å². The van der Waals surface area contributed by atoms with E-state index in [-0.39, 0.29) is 10.6 Å². The maximum absolute atomic E-state index is 10.7. The maximum Gasteiger partial charge on any atom is 0.269 e. The largest absolute Gasteiger partial charge is 0.388 e. The van der Waals surface area contributed by atoms with Crippen LogP contribution in [0.4, 0.5) is 11.4 Å². The highest BCUT2D eigenvalue weighted by Gasteiger charge is 2.11. The van der Waals surface area contributed by atoms with Gasteiger partial charge in [0.2, 0.25) is 0 Å². The number of non-ortho nitro benzene ring substituents is 1. The lowest BCUT2D eigenvalue weighted by atomic mass is 10.1. The topological polar surface area (TPSA) is 58.4 Å². The van der Waals surface area contributed by atoms with E-state index in [1.807, 2.05) is 7.05 Å². The van der Waals surface area contributed by atoms with Crippen molar-refractivity contribution in [1.82, 2.24) is 4.90 Å². The van der Waals surface area contributed by atoms with E-state index in [4.69, 9.17) is 0 Å². The average molecular weight is 237 g/mol. The minimum atomic E-state index is -0.356. The van der Waals surface area contributed by atoms with Gasteiger partial charge in [-0.3, -0.25) is 15.0 Å². The van der Waals surface area contributed by atoms with Crippen molar-refractivity contribution < 1.29 is 4.92 Å². The van der Waals surface area contributed by atoms with Gasteiger partial charge in [-0.2, -0.15) is 0 Å². The van der Waals surface area contributed by atoms with E-state index in [0.717, 1.165) is 30.9 Å². The van der Waals surface area contributed by atoms with Crippen LogP contribution in [-0.4, -0.2) is 30.0 Å². The van der Waals surface area contributed by atoms with Crippen molar-refractivity contribution in [2.45, 2.75) is 20.4 Å². The molecule has 0 saturated carbocycles. The third-order valence-electron chi connectivity index (χ3n) is 2.86. The van der Waals surface area contributed by atoms with E-state index >= 15 is 0 Å². The highest BCUT2D eigenvalue weighted by Crippen LogP contribution is 2.23. The molecule has 1 N–H and O–H groups in total. The molecule has 0 aliphatic rings. The van der Waals surface area contributed by atoms with Gasteiger partial charge in [0.1, 0.15) is 0 Å². The molecule has 0 fully saturated rings. The summed E-state index contributed by atoms with van der Waals surface area (Å²) < 4.78 is 0. The van der Waals surface area contributed by atoms with Crippen molar-refractivity contribution >= 4 is 11.4 Å². The van der Waals surface area contributed by atoms with Crippen molar-refractivity contribution in [3.63, 3.8) is 0 Å². The number of nitrogens with zero attached hydrogens (tertiary/aromatic N) is 2. The fourth-order valence-electron chi connectivity index (χ4n) is 1.76. The van der Waals surface area contributed by atoms with E-state index in [2.05, 4.69) is 24.1 Å². The van der Waals surface area contributed by atoms with Crippen LogP contribution in [0.15, 0.2) is 18.2 Å². The Kier molecular flexibility index (Phi) is 4.90. The summed E-state index contributed by atoms with van der Waals surface area (Å²) >= 11 is 0. The molecule has 0 heterocycles. The van der Waals surface area contributed by atoms with Gasteiger partial charge in [-0.05, 0) is 24.7 Å². The standard InChI is InChI=1S/C12H19N3O2/c1-4-14(5-2)9-10-8-11(15(16)17)6-7-12(10)13-3/h6-8,13H,4-5,9H2,1-3H3. The number of hydrogen-bond acceptors (Lipinski definition) is 4. The fourth-order valence-corrected chi connectivity index (χ4v) is 1.76. The Bertz CT molecular complexity index is 389. The summed E-state index contributed by atoms with van der Waals surface area (Å²) in [6.45, 7) is 6.76. The van der Waals surface area contributed by atoms with Crippen molar-refractivity contribution in [3.8, 4) is 0 Å². The van der Waals surface area contributed by atoms with Crippen LogP contribution in [0, 0.1) is 10.1 Å². The molecule has 1 rings (SSSR count). The van der Waals surface area contributed by atoms with Crippen molar-refractivity contribution in [3.05, 3.63) is 33.9 Å². The Labute approximate surface area is 102 Å². The Balaban J connectivity index is 3.01. The predicted octanol–water partition coefficient (Wildman–Crippen LogP) is 2.48. The zero-order valence-corrected chi connectivity index (χ0v) is 10.6. The molecule has 0 aromatic heterocycles. The quantitative estimate of drug-likeness (QED) is 0.610. The Hall–Kier alpha value is -1.62. The number of nitro groups is 1. The number of nitro benzene ring substituents is 1. The Morgan fingerprint density at radius 3 is 2.47 bits per heavy atom. The first-order chi connectivity index (χ1) is 8.12. The lowest BCUT2D eigenvalue weighted by Crippen LogP contribution is -2.22. The molecule has 0 amide bonds. The normalized spacial score (nSPS) is 10.6. The van der Waals surface area contributed by atoms with Gasteiger partial charge in [0.25, 0.3) is 5.69 Å². The van der Waals surface area contributed by atoms with Gasteiger partial charge in [0.15, 0.2) is 0 Å². The van der Waals surface area contributed by atoms with Crippen LogP contribution >= 0.6 is 0 Å². The summed E-state index contributed by atoms with van der Waals surface area (Å²) in [6.07, 6.45) is 0. The summed E-state index contributed by atoms with van der Waals surface area (Å²) in [7, 11) is 1.83. The smallest absolute Gasteiger partial charge is 0.269 e. The predicted molar refractivity (Wildman–Crippen MR) is 69.3 cm³/mol. The first-order valence-corrected chi connectivity index (χ1v) is 5.79. The number of hydrogen-bond donors (Lipinski definition) is 1. The molecule has 1 aromatic rings. The molecule has 5 heteroatoms. The van der Waals surface area contributed by atoms with Crippen LogP contribution < -0.4 is 5.32 Å². The van der Waals surface area contributed by atoms with E-state index in [0.29, 0.717) is 0 Å². The van der Waals surface area contributed by atoms with E-state index < -0.39 is 0 Å². The van der Waals surface area contributed by atoms with E-state index in [1.165, 1.54) is 6.07 Å². The van der Waals surface area contributed by atoms with E-state index in [9.17, 15) is 10.1 Å². The van der Waals surface area contributed by atoms with Gasteiger partial charge >= 0.3 is 0 Å². The SMILES string of the molecule is CCN(CC)Cc1cc([N+](=O)[O-])ccc1NC. The zero-order valence-electron chi connectivity index (χ0n) is 10.6. The van der Waals surface area contributed by atoms with Gasteiger partial charge in [-0.1, -0.05) is 13.8 Å². The fraction of sp³-hybridized carbons (Fsp3) is 0.500. The minimum absolute atomic E-state index is 0.145. The van der Waals surface area contributed by atoms with E-state index in [1.54, 1.807) is 12.1 Å². The maximum atomic E-state index is 10.7. The summed E-state index contributed by atoms with van der Waals surface area (Å²) in [5.41, 5.74) is 2.05. The zero-order chi connectivity index (χ0) is 12.8. The molecule has 0 bridgehead atoms. The van der Waals surface area contributed by atoms with Crippen molar-refractivity contribution in [2.75, 3.05) is 25.5 Å². The number of rotatable bonds is 6. The third kappa shape index (κ3) is 3.42. The first kappa shape index (κ1) is 13.4. The van der Waals surface area contributed by atoms with Crippen LogP contribution in [0.25, 0.3) is 0 Å². The van der Waals surface area contributed by atoms with Gasteiger partial charge < -0.3 is 5.32 Å². The molecule has 17 heavy (non-hydrogen) atoms. The molecule has 1 aromatic carbocycles. The van der Waals surface area contributed by atoms with Gasteiger partial charge in [0, 0.05) is 31.4 Å². The lowest BCUT2D eigenvalue weighted by Gasteiger charge is -2.19. The second-order valence-electron chi connectivity index (χ2n) is 3.81. The van der Waals surface area contributed by atoms with Crippen LogP contribution in [0.5, 0.6) is 0 Å². The molecule has 0 atom stereocenters. The molecule has 0 radical (unpaired) electrons. The second kappa shape index (κ2) is 6.20. The number of benzene rings is 1. The number of nitrogens with one attached hydrogen (secondary N) is 1. The molecule has 0 aliphatic heterocycles. The molecule has 5 nitrogen and oxygen atoms in total. The highest BCUT2D eigenvalue weighted by atomic mass is 16.6. The minimum Gasteiger partial charge on any atom is -0.388 e. The second-order valence-corrected chi connectivity index (χ2v) is 3.81. The third-order valence-corrected chi connectivity index (χ3v) is 2.86. The number of anilines is 1. The summed E-state index contributed by atoms with van der Waals surface area (Å²) in [6, 6.07) is 4.93. The van der Waals surface area contributed by atoms with Crippen molar-refractivity contribution in [1.29, 1.82) is 0 Å². The molecule has 94 valence electrons. The van der Waals surface area contributed by atoms with Gasteiger partial charge in [-0.25, -0.2) is 0 Å². The monoisotopic (exact) mass is 237 g/mol. The highest BCUT2D eigenvalue weighted by molar-refractivity contribution is 5.55. The summed E-state index contributed by atoms with van der Waals surface area (Å²) in [5, 5.41) is 13.8. The molecule has 0 saturated heterocycles. The van der Waals surface area contributed by atoms with Gasteiger partial charge in [-0.15, -0.1) is 0 Å².